The van der Waals surface area contributed by atoms with Gasteiger partial charge in [0.05, 0.1) is 11.4 Å². The number of rotatable bonds is 5. The normalized spacial score (nSPS) is 14.2. The Balaban J connectivity index is 1.40. The van der Waals surface area contributed by atoms with Gasteiger partial charge in [-0.25, -0.2) is 14.6 Å². The monoisotopic (exact) mass is 361 g/mol. The lowest BCUT2D eigenvalue weighted by atomic mass is 10.3. The third kappa shape index (κ3) is 3.01. The Morgan fingerprint density at radius 3 is 2.69 bits per heavy atom. The summed E-state index contributed by atoms with van der Waals surface area (Å²) in [6, 6.07) is 14.4. The summed E-state index contributed by atoms with van der Waals surface area (Å²) in [5.74, 6) is 2.41. The zero-order valence-corrected chi connectivity index (χ0v) is 15.4. The van der Waals surface area contributed by atoms with Crippen molar-refractivity contribution in [1.29, 1.82) is 0 Å². The molecular weight excluding hydrogens is 342 g/mol. The molecule has 6 heteroatoms. The van der Waals surface area contributed by atoms with Crippen LogP contribution in [-0.2, 0) is 5.75 Å². The van der Waals surface area contributed by atoms with E-state index in [9.17, 15) is 0 Å². The fourth-order valence-corrected chi connectivity index (χ4v) is 3.81. The van der Waals surface area contributed by atoms with Crippen LogP contribution in [0.15, 0.2) is 60.0 Å². The van der Waals surface area contributed by atoms with Gasteiger partial charge in [0.2, 0.25) is 5.16 Å². The van der Waals surface area contributed by atoms with Gasteiger partial charge in [0.15, 0.2) is 0 Å². The molecule has 0 spiro atoms. The number of para-hydroxylation sites is 1. The summed E-state index contributed by atoms with van der Waals surface area (Å²) in [6.45, 7) is 2.09. The van der Waals surface area contributed by atoms with Crippen molar-refractivity contribution in [2.24, 2.45) is 0 Å². The number of imidazole rings is 1. The van der Waals surface area contributed by atoms with E-state index >= 15 is 0 Å². The molecule has 1 saturated carbocycles. The average Bonchev–Trinajstić information content (AvgIpc) is 3.29. The first-order valence-corrected chi connectivity index (χ1v) is 9.84. The number of thioether (sulfide) groups is 1. The maximum Gasteiger partial charge on any atom is 0.209 e. The highest BCUT2D eigenvalue weighted by molar-refractivity contribution is 7.98. The van der Waals surface area contributed by atoms with E-state index in [0.29, 0.717) is 5.92 Å². The van der Waals surface area contributed by atoms with Crippen LogP contribution < -0.4 is 0 Å². The van der Waals surface area contributed by atoms with Crippen LogP contribution in [0.4, 0.5) is 0 Å². The number of benzene rings is 1. The molecule has 5 rings (SSSR count). The first-order valence-electron chi connectivity index (χ1n) is 8.86. The Hall–Kier alpha value is -2.60. The van der Waals surface area contributed by atoms with E-state index in [0.717, 1.165) is 33.8 Å². The van der Waals surface area contributed by atoms with Crippen LogP contribution >= 0.6 is 11.8 Å². The molecule has 1 aromatic carbocycles. The summed E-state index contributed by atoms with van der Waals surface area (Å²) in [5, 5.41) is 5.58. The standard InChI is InChI=1S/C20H19N5S/c1-14-7-10-18-21-16(12-24(18)11-14)13-26-20-22-19(15-8-9-15)25(23-20)17-5-3-2-4-6-17/h2-7,10-12,15H,8-9,13H2,1H3. The van der Waals surface area contributed by atoms with Gasteiger partial charge < -0.3 is 4.40 Å². The van der Waals surface area contributed by atoms with Crippen molar-refractivity contribution in [3.63, 3.8) is 0 Å². The highest BCUT2D eigenvalue weighted by atomic mass is 32.2. The number of aromatic nitrogens is 5. The van der Waals surface area contributed by atoms with Crippen LogP contribution in [0.5, 0.6) is 0 Å². The lowest BCUT2D eigenvalue weighted by Gasteiger charge is -2.03. The second-order valence-electron chi connectivity index (χ2n) is 6.77. The first-order chi connectivity index (χ1) is 12.8. The van der Waals surface area contributed by atoms with Crippen LogP contribution in [0.1, 0.15) is 35.8 Å². The quantitative estimate of drug-likeness (QED) is 0.495. The number of pyridine rings is 1. The third-order valence-corrected chi connectivity index (χ3v) is 5.43. The molecule has 0 radical (unpaired) electrons. The topological polar surface area (TPSA) is 48.0 Å². The van der Waals surface area contributed by atoms with E-state index in [4.69, 9.17) is 10.1 Å². The maximum atomic E-state index is 4.81. The van der Waals surface area contributed by atoms with Crippen molar-refractivity contribution in [2.45, 2.75) is 36.6 Å². The van der Waals surface area contributed by atoms with Gasteiger partial charge in [-0.15, -0.1) is 5.10 Å². The van der Waals surface area contributed by atoms with Crippen LogP contribution in [0, 0.1) is 6.92 Å². The number of hydrogen-bond donors (Lipinski definition) is 0. The number of fused-ring (bicyclic) bond motifs is 1. The zero-order chi connectivity index (χ0) is 17.5. The molecule has 0 N–H and O–H groups in total. The van der Waals surface area contributed by atoms with E-state index in [2.05, 4.69) is 53.0 Å². The third-order valence-electron chi connectivity index (χ3n) is 4.55. The molecule has 4 aromatic rings. The van der Waals surface area contributed by atoms with Crippen molar-refractivity contribution in [1.82, 2.24) is 24.1 Å². The van der Waals surface area contributed by atoms with Gasteiger partial charge >= 0.3 is 0 Å². The first kappa shape index (κ1) is 15.6. The minimum Gasteiger partial charge on any atom is -0.307 e. The molecule has 0 saturated heterocycles. The minimum absolute atomic E-state index is 0.551. The van der Waals surface area contributed by atoms with Crippen LogP contribution in [0.3, 0.4) is 0 Å². The predicted octanol–water partition coefficient (Wildman–Crippen LogP) is 4.39. The highest BCUT2D eigenvalue weighted by Crippen LogP contribution is 2.40. The van der Waals surface area contributed by atoms with E-state index in [-0.39, 0.29) is 0 Å². The Morgan fingerprint density at radius 1 is 1.04 bits per heavy atom. The molecule has 26 heavy (non-hydrogen) atoms. The van der Waals surface area contributed by atoms with Crippen LogP contribution in [-0.4, -0.2) is 24.1 Å². The van der Waals surface area contributed by atoms with Gasteiger partial charge in [-0.3, -0.25) is 0 Å². The number of hydrogen-bond acceptors (Lipinski definition) is 4. The van der Waals surface area contributed by atoms with Gasteiger partial charge in [0.1, 0.15) is 11.5 Å². The molecule has 0 unspecified atom stereocenters. The zero-order valence-electron chi connectivity index (χ0n) is 14.5. The molecule has 5 nitrogen and oxygen atoms in total. The second-order valence-corrected chi connectivity index (χ2v) is 7.71. The van der Waals surface area contributed by atoms with E-state index in [1.165, 1.54) is 18.4 Å². The lowest BCUT2D eigenvalue weighted by molar-refractivity contribution is 0.782. The molecule has 3 aromatic heterocycles. The lowest BCUT2D eigenvalue weighted by Crippen LogP contribution is -2.01. The fourth-order valence-electron chi connectivity index (χ4n) is 3.09. The largest absolute Gasteiger partial charge is 0.307 e. The SMILES string of the molecule is Cc1ccc2nc(CSc3nc(C4CC4)n(-c4ccccc4)n3)cn2c1. The number of aryl methyl sites for hydroxylation is 1. The summed E-state index contributed by atoms with van der Waals surface area (Å²) >= 11 is 1.65. The second kappa shape index (κ2) is 6.29. The maximum absolute atomic E-state index is 4.81. The summed E-state index contributed by atoms with van der Waals surface area (Å²) in [6.07, 6.45) is 6.61. The minimum atomic E-state index is 0.551. The molecule has 1 aliphatic carbocycles. The van der Waals surface area contributed by atoms with Crippen molar-refractivity contribution in [2.75, 3.05) is 0 Å². The Morgan fingerprint density at radius 2 is 1.88 bits per heavy atom. The molecule has 0 bridgehead atoms. The van der Waals surface area contributed by atoms with Crippen molar-refractivity contribution < 1.29 is 0 Å². The van der Waals surface area contributed by atoms with E-state index < -0.39 is 0 Å². The molecule has 0 atom stereocenters. The van der Waals surface area contributed by atoms with E-state index in [1.54, 1.807) is 11.8 Å². The highest BCUT2D eigenvalue weighted by Gasteiger charge is 2.30. The molecular formula is C20H19N5S. The molecule has 1 fully saturated rings. The van der Waals surface area contributed by atoms with Crippen LogP contribution in [0.25, 0.3) is 11.3 Å². The van der Waals surface area contributed by atoms with Crippen LogP contribution in [0.2, 0.25) is 0 Å². The molecule has 1 aliphatic rings. The van der Waals surface area contributed by atoms with Gasteiger partial charge in [0.25, 0.3) is 0 Å². The summed E-state index contributed by atoms with van der Waals surface area (Å²) < 4.78 is 4.09. The van der Waals surface area contributed by atoms with Crippen molar-refractivity contribution >= 4 is 17.4 Å². The Kier molecular flexibility index (Phi) is 3.78. The summed E-state index contributed by atoms with van der Waals surface area (Å²) in [7, 11) is 0. The van der Waals surface area contributed by atoms with Gasteiger partial charge in [-0.2, -0.15) is 0 Å². The summed E-state index contributed by atoms with van der Waals surface area (Å²) in [5.41, 5.74) is 4.33. The molecule has 130 valence electrons. The smallest absolute Gasteiger partial charge is 0.209 e. The molecule has 0 aliphatic heterocycles. The molecule has 3 heterocycles. The van der Waals surface area contributed by atoms with Gasteiger partial charge in [0, 0.05) is 24.1 Å². The Bertz CT molecular complexity index is 1060. The predicted molar refractivity (Wildman–Crippen MR) is 103 cm³/mol. The van der Waals surface area contributed by atoms with Gasteiger partial charge in [-0.1, -0.05) is 36.0 Å². The average molecular weight is 361 g/mol. The van der Waals surface area contributed by atoms with Gasteiger partial charge in [-0.05, 0) is 43.5 Å². The Labute approximate surface area is 156 Å². The fraction of sp³-hybridized carbons (Fsp3) is 0.250. The van der Waals surface area contributed by atoms with Crippen molar-refractivity contribution in [3.05, 3.63) is 71.9 Å². The molecule has 0 amide bonds. The number of nitrogens with zero attached hydrogens (tertiary/aromatic N) is 5. The summed E-state index contributed by atoms with van der Waals surface area (Å²) in [4.78, 5) is 9.50. The van der Waals surface area contributed by atoms with Crippen molar-refractivity contribution in [3.8, 4) is 5.69 Å². The van der Waals surface area contributed by atoms with E-state index in [1.807, 2.05) is 22.9 Å².